The highest BCUT2D eigenvalue weighted by molar-refractivity contribution is 6.30. The van der Waals surface area contributed by atoms with Crippen molar-refractivity contribution in [1.29, 1.82) is 0 Å². The molecule has 0 spiro atoms. The number of nitrogens with one attached hydrogen (secondary N) is 1. The number of benzene rings is 3. The monoisotopic (exact) mass is 477 g/mol. The second-order valence-electron chi connectivity index (χ2n) is 7.87. The minimum absolute atomic E-state index is 0.0679. The molecule has 0 atom stereocenters. The molecular formula is C25H20ClN3O5. The quantitative estimate of drug-likeness (QED) is 0.461. The highest BCUT2D eigenvalue weighted by atomic mass is 35.5. The molecule has 0 aliphatic carbocycles. The molecule has 1 N–H and O–H groups in total. The molecule has 0 unspecified atom stereocenters. The van der Waals surface area contributed by atoms with Crippen LogP contribution in [-0.2, 0) is 24.4 Å². The average Bonchev–Trinajstić information content (AvgIpc) is 3.32. The number of para-hydroxylation sites is 1. The zero-order chi connectivity index (χ0) is 23.7. The van der Waals surface area contributed by atoms with Gasteiger partial charge in [0.15, 0.2) is 11.5 Å². The molecule has 0 saturated carbocycles. The summed E-state index contributed by atoms with van der Waals surface area (Å²) in [5, 5.41) is 3.75. The molecule has 172 valence electrons. The summed E-state index contributed by atoms with van der Waals surface area (Å²) >= 11 is 5.95. The zero-order valence-corrected chi connectivity index (χ0v) is 18.7. The third kappa shape index (κ3) is 4.27. The van der Waals surface area contributed by atoms with Crippen LogP contribution in [0.3, 0.4) is 0 Å². The Morgan fingerprint density at radius 3 is 2.47 bits per heavy atom. The number of hydrogen-bond donors (Lipinski definition) is 1. The second kappa shape index (κ2) is 9.07. The van der Waals surface area contributed by atoms with Crippen LogP contribution in [0.5, 0.6) is 11.5 Å². The van der Waals surface area contributed by atoms with Crippen molar-refractivity contribution in [3.05, 3.63) is 104 Å². The predicted octanol–water partition coefficient (Wildman–Crippen LogP) is 2.91. The molecule has 0 radical (unpaired) electrons. The first kappa shape index (κ1) is 21.8. The van der Waals surface area contributed by atoms with Gasteiger partial charge in [0.1, 0.15) is 6.54 Å². The van der Waals surface area contributed by atoms with Gasteiger partial charge in [-0.1, -0.05) is 41.9 Å². The molecule has 1 aromatic heterocycles. The van der Waals surface area contributed by atoms with E-state index in [1.807, 2.05) is 6.07 Å². The normalized spacial score (nSPS) is 12.1. The van der Waals surface area contributed by atoms with Crippen molar-refractivity contribution in [2.45, 2.75) is 19.6 Å². The van der Waals surface area contributed by atoms with Gasteiger partial charge in [0, 0.05) is 11.6 Å². The smallest absolute Gasteiger partial charge is 0.332 e. The number of aromatic nitrogens is 2. The first-order valence-electron chi connectivity index (χ1n) is 10.6. The number of ether oxygens (including phenoxy) is 2. The fourth-order valence-corrected chi connectivity index (χ4v) is 4.01. The summed E-state index contributed by atoms with van der Waals surface area (Å²) in [6.45, 7) is 0.267. The minimum Gasteiger partial charge on any atom is -0.454 e. The molecule has 2 heterocycles. The topological polar surface area (TPSA) is 91.6 Å². The van der Waals surface area contributed by atoms with E-state index < -0.39 is 11.2 Å². The third-order valence-electron chi connectivity index (χ3n) is 5.61. The maximum absolute atomic E-state index is 13.3. The summed E-state index contributed by atoms with van der Waals surface area (Å²) in [7, 11) is 0. The largest absolute Gasteiger partial charge is 0.454 e. The first-order chi connectivity index (χ1) is 16.5. The zero-order valence-electron chi connectivity index (χ0n) is 18.0. The van der Waals surface area contributed by atoms with Gasteiger partial charge >= 0.3 is 5.69 Å². The van der Waals surface area contributed by atoms with Crippen LogP contribution in [0.4, 0.5) is 0 Å². The molecule has 8 nitrogen and oxygen atoms in total. The second-order valence-corrected chi connectivity index (χ2v) is 8.30. The average molecular weight is 478 g/mol. The Morgan fingerprint density at radius 2 is 1.65 bits per heavy atom. The van der Waals surface area contributed by atoms with Gasteiger partial charge in [-0.2, -0.15) is 0 Å². The van der Waals surface area contributed by atoms with Crippen LogP contribution in [0.2, 0.25) is 5.02 Å². The molecule has 0 saturated heterocycles. The van der Waals surface area contributed by atoms with Gasteiger partial charge in [-0.05, 0) is 47.5 Å². The van der Waals surface area contributed by atoms with Gasteiger partial charge in [-0.15, -0.1) is 0 Å². The maximum Gasteiger partial charge on any atom is 0.332 e. The van der Waals surface area contributed by atoms with E-state index in [0.29, 0.717) is 27.4 Å². The van der Waals surface area contributed by atoms with E-state index >= 15 is 0 Å². The third-order valence-corrected chi connectivity index (χ3v) is 5.87. The summed E-state index contributed by atoms with van der Waals surface area (Å²) in [5.74, 6) is 0.931. The van der Waals surface area contributed by atoms with Crippen molar-refractivity contribution in [2.24, 2.45) is 0 Å². The Balaban J connectivity index is 1.42. The summed E-state index contributed by atoms with van der Waals surface area (Å²) in [5.41, 5.74) is 1.02. The van der Waals surface area contributed by atoms with Crippen LogP contribution in [0.15, 0.2) is 76.3 Å². The summed E-state index contributed by atoms with van der Waals surface area (Å²) < 4.78 is 13.1. The van der Waals surface area contributed by atoms with E-state index in [1.54, 1.807) is 60.7 Å². The van der Waals surface area contributed by atoms with Gasteiger partial charge in [-0.3, -0.25) is 18.7 Å². The van der Waals surface area contributed by atoms with Crippen LogP contribution in [0.1, 0.15) is 11.1 Å². The lowest BCUT2D eigenvalue weighted by Gasteiger charge is -2.14. The van der Waals surface area contributed by atoms with Crippen LogP contribution in [-0.4, -0.2) is 21.8 Å². The van der Waals surface area contributed by atoms with E-state index in [4.69, 9.17) is 21.1 Å². The lowest BCUT2D eigenvalue weighted by Crippen LogP contribution is -2.42. The van der Waals surface area contributed by atoms with Crippen LogP contribution < -0.4 is 26.0 Å². The highest BCUT2D eigenvalue weighted by Gasteiger charge is 2.17. The molecule has 1 amide bonds. The summed E-state index contributed by atoms with van der Waals surface area (Å²) in [4.78, 5) is 39.1. The molecule has 9 heteroatoms. The Bertz CT molecular complexity index is 1510. The van der Waals surface area contributed by atoms with Crippen molar-refractivity contribution < 1.29 is 14.3 Å². The Morgan fingerprint density at radius 1 is 0.912 bits per heavy atom. The Labute approximate surface area is 198 Å². The van der Waals surface area contributed by atoms with E-state index in [1.165, 1.54) is 4.57 Å². The molecule has 3 aromatic carbocycles. The SMILES string of the molecule is O=C(Cn1c(=O)n(Cc2ccc(Cl)cc2)c(=O)c2ccccc21)NCc1ccc2c(c1)OCO2. The van der Waals surface area contributed by atoms with Crippen LogP contribution in [0.25, 0.3) is 10.9 Å². The number of nitrogens with zero attached hydrogens (tertiary/aromatic N) is 2. The standard InChI is InChI=1S/C25H20ClN3O5/c26-18-8-5-16(6-9-18)13-29-24(31)19-3-1-2-4-20(19)28(25(29)32)14-23(30)27-12-17-7-10-21-22(11-17)34-15-33-21/h1-11H,12-15H2,(H,27,30). The van der Waals surface area contributed by atoms with Gasteiger partial charge in [0.2, 0.25) is 12.7 Å². The molecule has 0 bridgehead atoms. The molecule has 34 heavy (non-hydrogen) atoms. The number of rotatable bonds is 6. The van der Waals surface area contributed by atoms with Gasteiger partial charge < -0.3 is 14.8 Å². The van der Waals surface area contributed by atoms with Gasteiger partial charge in [-0.25, -0.2) is 4.79 Å². The molecule has 5 rings (SSSR count). The number of amides is 1. The fraction of sp³-hybridized carbons (Fsp3) is 0.160. The molecule has 0 fully saturated rings. The Hall–Kier alpha value is -4.04. The number of halogens is 1. The van der Waals surface area contributed by atoms with E-state index in [9.17, 15) is 14.4 Å². The van der Waals surface area contributed by atoms with Crippen LogP contribution >= 0.6 is 11.6 Å². The first-order valence-corrected chi connectivity index (χ1v) is 11.0. The Kier molecular flexibility index (Phi) is 5.81. The lowest BCUT2D eigenvalue weighted by molar-refractivity contribution is -0.121. The summed E-state index contributed by atoms with van der Waals surface area (Å²) in [6.07, 6.45) is 0. The van der Waals surface area contributed by atoms with Crippen molar-refractivity contribution in [3.63, 3.8) is 0 Å². The van der Waals surface area contributed by atoms with Gasteiger partial charge in [0.25, 0.3) is 5.56 Å². The van der Waals surface area contributed by atoms with E-state index in [0.717, 1.165) is 15.7 Å². The van der Waals surface area contributed by atoms with Crippen molar-refractivity contribution in [1.82, 2.24) is 14.5 Å². The lowest BCUT2D eigenvalue weighted by atomic mass is 10.2. The highest BCUT2D eigenvalue weighted by Crippen LogP contribution is 2.32. The van der Waals surface area contributed by atoms with E-state index in [2.05, 4.69) is 5.32 Å². The van der Waals surface area contributed by atoms with Gasteiger partial charge in [0.05, 0.1) is 17.4 Å². The van der Waals surface area contributed by atoms with Crippen molar-refractivity contribution >= 4 is 28.4 Å². The van der Waals surface area contributed by atoms with Crippen LogP contribution in [0, 0.1) is 0 Å². The summed E-state index contributed by atoms with van der Waals surface area (Å²) in [6, 6.07) is 19.1. The maximum atomic E-state index is 13.3. The van der Waals surface area contributed by atoms with E-state index in [-0.39, 0.29) is 32.3 Å². The molecule has 1 aliphatic heterocycles. The minimum atomic E-state index is -0.558. The number of carbonyl (C=O) groups is 1. The number of hydrogen-bond acceptors (Lipinski definition) is 5. The molecule has 1 aliphatic rings. The number of carbonyl (C=O) groups excluding carboxylic acids is 1. The van der Waals surface area contributed by atoms with Crippen molar-refractivity contribution in [3.8, 4) is 11.5 Å². The fourth-order valence-electron chi connectivity index (χ4n) is 3.89. The molecular weight excluding hydrogens is 458 g/mol. The van der Waals surface area contributed by atoms with Crippen molar-refractivity contribution in [2.75, 3.05) is 6.79 Å². The predicted molar refractivity (Wildman–Crippen MR) is 127 cm³/mol. The molecule has 4 aromatic rings. The number of fused-ring (bicyclic) bond motifs is 2.